The average Bonchev–Trinajstić information content (AvgIpc) is 2.32. The van der Waals surface area contributed by atoms with Gasteiger partial charge in [-0.1, -0.05) is 0 Å². The fourth-order valence-electron chi connectivity index (χ4n) is 1.26. The van der Waals surface area contributed by atoms with Crippen molar-refractivity contribution in [3.8, 4) is 0 Å². The molecule has 2 atom stereocenters. The molecule has 1 rings (SSSR count). The normalized spacial score (nSPS) is 32.7. The van der Waals surface area contributed by atoms with Crippen molar-refractivity contribution in [2.24, 2.45) is 5.73 Å². The van der Waals surface area contributed by atoms with Crippen LogP contribution < -0.4 is 11.1 Å². The molecule has 2 nitrogen and oxygen atoms in total. The molecule has 1 aliphatic heterocycles. The quantitative estimate of drug-likeness (QED) is 0.602. The topological polar surface area (TPSA) is 38.0 Å². The predicted molar refractivity (Wildman–Crippen MR) is 35.1 cm³/mol. The van der Waals surface area contributed by atoms with E-state index in [1.54, 1.807) is 0 Å². The van der Waals surface area contributed by atoms with Crippen LogP contribution in [0.2, 0.25) is 0 Å². The summed E-state index contributed by atoms with van der Waals surface area (Å²) in [5, 5.41) is 2.43. The Balaban J connectivity index is 2.42. The Kier molecular flexibility index (Phi) is 2.39. The van der Waals surface area contributed by atoms with Gasteiger partial charge in [-0.2, -0.15) is 13.2 Å². The fourth-order valence-corrected chi connectivity index (χ4v) is 1.26. The molecule has 1 saturated heterocycles. The number of hydrogen-bond donors (Lipinski definition) is 2. The van der Waals surface area contributed by atoms with Gasteiger partial charge >= 0.3 is 6.18 Å². The second-order valence-corrected chi connectivity index (χ2v) is 2.77. The molecule has 3 N–H and O–H groups in total. The van der Waals surface area contributed by atoms with Crippen LogP contribution in [0.3, 0.4) is 0 Å². The molecule has 11 heavy (non-hydrogen) atoms. The van der Waals surface area contributed by atoms with Crippen LogP contribution in [0.4, 0.5) is 13.2 Å². The van der Waals surface area contributed by atoms with E-state index < -0.39 is 12.2 Å². The summed E-state index contributed by atoms with van der Waals surface area (Å²) < 4.78 is 35.9. The molecule has 0 saturated carbocycles. The number of nitrogens with one attached hydrogen (secondary N) is 1. The Morgan fingerprint density at radius 2 is 2.00 bits per heavy atom. The van der Waals surface area contributed by atoms with E-state index in [0.29, 0.717) is 6.42 Å². The largest absolute Gasteiger partial charge is 0.403 e. The van der Waals surface area contributed by atoms with Crippen LogP contribution in [0.15, 0.2) is 0 Å². The van der Waals surface area contributed by atoms with E-state index in [2.05, 4.69) is 5.32 Å². The zero-order valence-electron chi connectivity index (χ0n) is 5.99. The Labute approximate surface area is 62.9 Å². The van der Waals surface area contributed by atoms with Crippen molar-refractivity contribution in [1.82, 2.24) is 5.32 Å². The van der Waals surface area contributed by atoms with E-state index >= 15 is 0 Å². The molecule has 0 aromatic carbocycles. The lowest BCUT2D eigenvalue weighted by atomic mass is 10.2. The lowest BCUT2D eigenvalue weighted by molar-refractivity contribution is -0.152. The molecule has 1 heterocycles. The Bertz CT molecular complexity index is 134. The van der Waals surface area contributed by atoms with Crippen molar-refractivity contribution in [3.63, 3.8) is 0 Å². The van der Waals surface area contributed by atoms with Crippen molar-refractivity contribution in [2.75, 3.05) is 6.54 Å². The Morgan fingerprint density at radius 1 is 1.36 bits per heavy atom. The van der Waals surface area contributed by atoms with Gasteiger partial charge in [0.15, 0.2) is 0 Å². The third-order valence-corrected chi connectivity index (χ3v) is 1.92. The third-order valence-electron chi connectivity index (χ3n) is 1.92. The van der Waals surface area contributed by atoms with E-state index in [4.69, 9.17) is 5.73 Å². The van der Waals surface area contributed by atoms with Crippen LogP contribution in [-0.2, 0) is 0 Å². The Hall–Kier alpha value is -0.290. The zero-order valence-corrected chi connectivity index (χ0v) is 5.99. The van der Waals surface area contributed by atoms with E-state index in [9.17, 15) is 13.2 Å². The minimum Gasteiger partial charge on any atom is -0.329 e. The average molecular weight is 168 g/mol. The summed E-state index contributed by atoms with van der Waals surface area (Å²) in [5.74, 6) is 0. The lowest BCUT2D eigenvalue weighted by Gasteiger charge is -2.15. The summed E-state index contributed by atoms with van der Waals surface area (Å²) in [6, 6.07) is -1.49. The van der Waals surface area contributed by atoms with Crippen molar-refractivity contribution < 1.29 is 13.2 Å². The first-order chi connectivity index (χ1) is 5.04. The van der Waals surface area contributed by atoms with Gasteiger partial charge < -0.3 is 11.1 Å². The summed E-state index contributed by atoms with van der Waals surface area (Å²) in [5.41, 5.74) is 5.21. The molecule has 0 spiro atoms. The summed E-state index contributed by atoms with van der Waals surface area (Å²) in [6.45, 7) is 0.284. The third kappa shape index (κ3) is 2.07. The summed E-state index contributed by atoms with van der Waals surface area (Å²) in [6.07, 6.45) is -3.42. The molecule has 0 radical (unpaired) electrons. The van der Waals surface area contributed by atoms with E-state index in [1.807, 2.05) is 0 Å². The first-order valence-corrected chi connectivity index (χ1v) is 3.57. The minimum absolute atomic E-state index is 0.151. The highest BCUT2D eigenvalue weighted by molar-refractivity contribution is 4.88. The predicted octanol–water partition coefficient (Wildman–Crippen LogP) is 0.628. The number of halogens is 3. The maximum atomic E-state index is 12.0. The monoisotopic (exact) mass is 168 g/mol. The second-order valence-electron chi connectivity index (χ2n) is 2.77. The van der Waals surface area contributed by atoms with Gasteiger partial charge in [0.2, 0.25) is 0 Å². The molecular weight excluding hydrogens is 157 g/mol. The molecule has 66 valence electrons. The van der Waals surface area contributed by atoms with Crippen molar-refractivity contribution in [3.05, 3.63) is 0 Å². The first-order valence-electron chi connectivity index (χ1n) is 3.57. The van der Waals surface area contributed by atoms with Gasteiger partial charge in [0.1, 0.15) is 6.04 Å². The molecule has 2 unspecified atom stereocenters. The molecule has 0 aromatic heterocycles. The van der Waals surface area contributed by atoms with Crippen LogP contribution in [-0.4, -0.2) is 24.8 Å². The van der Waals surface area contributed by atoms with Crippen LogP contribution in [0.1, 0.15) is 12.8 Å². The van der Waals surface area contributed by atoms with Gasteiger partial charge in [0.25, 0.3) is 0 Å². The molecule has 0 amide bonds. The SMILES string of the molecule is NCC1CCC(C(F)(F)F)N1. The van der Waals surface area contributed by atoms with Gasteiger partial charge in [0, 0.05) is 12.6 Å². The molecule has 0 aliphatic carbocycles. The number of nitrogens with two attached hydrogens (primary N) is 1. The smallest absolute Gasteiger partial charge is 0.329 e. The van der Waals surface area contributed by atoms with Crippen molar-refractivity contribution in [2.45, 2.75) is 31.1 Å². The maximum absolute atomic E-state index is 12.0. The number of alkyl halides is 3. The summed E-state index contributed by atoms with van der Waals surface area (Å²) in [7, 11) is 0. The maximum Gasteiger partial charge on any atom is 0.403 e. The standard InChI is InChI=1S/C6H11F3N2/c7-6(8,9)5-2-1-4(3-10)11-5/h4-5,11H,1-3,10H2. The molecular formula is C6H11F3N2. The van der Waals surface area contributed by atoms with Gasteiger partial charge in [-0.15, -0.1) is 0 Å². The highest BCUT2D eigenvalue weighted by Gasteiger charge is 2.43. The first kappa shape index (κ1) is 8.80. The number of rotatable bonds is 1. The van der Waals surface area contributed by atoms with Crippen molar-refractivity contribution in [1.29, 1.82) is 0 Å². The van der Waals surface area contributed by atoms with E-state index in [0.717, 1.165) is 0 Å². The fraction of sp³-hybridized carbons (Fsp3) is 1.00. The van der Waals surface area contributed by atoms with Gasteiger partial charge in [-0.05, 0) is 12.8 Å². The molecule has 1 aliphatic rings. The van der Waals surface area contributed by atoms with Gasteiger partial charge in [-0.3, -0.25) is 0 Å². The second kappa shape index (κ2) is 2.98. The van der Waals surface area contributed by atoms with Crippen LogP contribution in [0.5, 0.6) is 0 Å². The summed E-state index contributed by atoms with van der Waals surface area (Å²) in [4.78, 5) is 0. The van der Waals surface area contributed by atoms with Crippen LogP contribution in [0, 0.1) is 0 Å². The van der Waals surface area contributed by atoms with Gasteiger partial charge in [-0.25, -0.2) is 0 Å². The zero-order chi connectivity index (χ0) is 8.48. The van der Waals surface area contributed by atoms with Crippen molar-refractivity contribution >= 4 is 0 Å². The molecule has 5 heteroatoms. The highest BCUT2D eigenvalue weighted by atomic mass is 19.4. The minimum atomic E-state index is -4.11. The number of hydrogen-bond acceptors (Lipinski definition) is 2. The van der Waals surface area contributed by atoms with E-state index in [-0.39, 0.29) is 19.0 Å². The molecule has 1 fully saturated rings. The Morgan fingerprint density at radius 3 is 2.27 bits per heavy atom. The molecule has 0 aromatic rings. The van der Waals surface area contributed by atoms with Gasteiger partial charge in [0.05, 0.1) is 0 Å². The molecule has 0 bridgehead atoms. The van der Waals surface area contributed by atoms with Crippen LogP contribution >= 0.6 is 0 Å². The van der Waals surface area contributed by atoms with E-state index in [1.165, 1.54) is 0 Å². The summed E-state index contributed by atoms with van der Waals surface area (Å²) >= 11 is 0. The highest BCUT2D eigenvalue weighted by Crippen LogP contribution is 2.27. The van der Waals surface area contributed by atoms with Crippen LogP contribution in [0.25, 0.3) is 0 Å². The lowest BCUT2D eigenvalue weighted by Crippen LogP contribution is -2.42.